The van der Waals surface area contributed by atoms with Crippen LogP contribution >= 0.6 is 11.3 Å². The number of aromatic amines is 1. The van der Waals surface area contributed by atoms with Gasteiger partial charge >= 0.3 is 6.18 Å². The van der Waals surface area contributed by atoms with Crippen LogP contribution in [0.15, 0.2) is 58.7 Å². The van der Waals surface area contributed by atoms with E-state index in [1.54, 1.807) is 17.0 Å². The second-order valence-corrected chi connectivity index (χ2v) is 21.9. The van der Waals surface area contributed by atoms with E-state index >= 15 is 0 Å². The number of likely N-dealkylation sites (tertiary alicyclic amines) is 1. The summed E-state index contributed by atoms with van der Waals surface area (Å²) in [6.45, 7) is 14.6. The molecule has 0 radical (unpaired) electrons. The number of pyridine rings is 1. The summed E-state index contributed by atoms with van der Waals surface area (Å²) in [6, 6.07) is 15.5. The third kappa shape index (κ3) is 9.27. The number of thiazole rings is 1. The number of benzene rings is 2. The number of carbonyl (C=O) groups is 1. The van der Waals surface area contributed by atoms with E-state index in [4.69, 9.17) is 9.16 Å². The van der Waals surface area contributed by atoms with Gasteiger partial charge in [-0.2, -0.15) is 13.2 Å². The molecule has 4 heterocycles. The highest BCUT2D eigenvalue weighted by atomic mass is 32.1. The van der Waals surface area contributed by atoms with E-state index in [1.807, 2.05) is 6.07 Å². The highest BCUT2D eigenvalue weighted by Gasteiger charge is 2.43. The van der Waals surface area contributed by atoms with Crippen molar-refractivity contribution < 1.29 is 32.2 Å². The molecule has 1 atom stereocenters. The standard InChI is InChI=1S/C40H51F3N4O5SSi/c1-38(2,3)54(4,5)52-33(29-13-15-32(48)35-30(29)14-16-34(49)45-35)12-7-6-9-27-10-8-11-28(23-27)24-46-19-17-39(18-20-46)26-47(21-22-51-39)36(50)31-25-53-37(44-31)40(41,42)43/h8,10-11,13-16,23,25,33,48H,6-7,9,12,17-22,24,26H2,1-5H3,(H,45,49)/t33-/m0/s1. The lowest BCUT2D eigenvalue weighted by atomic mass is 9.89. The first-order valence-electron chi connectivity index (χ1n) is 18.7. The molecule has 2 aliphatic heterocycles. The number of hydrogen-bond donors (Lipinski definition) is 2. The van der Waals surface area contributed by atoms with Crippen molar-refractivity contribution in [3.05, 3.63) is 91.7 Å². The monoisotopic (exact) mass is 784 g/mol. The maximum Gasteiger partial charge on any atom is 0.443 e. The van der Waals surface area contributed by atoms with Crippen LogP contribution in [0.1, 0.15) is 91.2 Å². The quantitative estimate of drug-likeness (QED) is 0.116. The minimum atomic E-state index is -4.57. The van der Waals surface area contributed by atoms with Crippen LogP contribution in [0.4, 0.5) is 13.2 Å². The van der Waals surface area contributed by atoms with E-state index in [2.05, 4.69) is 73.0 Å². The smallest absolute Gasteiger partial charge is 0.443 e. The number of halogens is 3. The number of fused-ring (bicyclic) bond motifs is 1. The Hall–Kier alpha value is -3.56. The molecular weight excluding hydrogens is 734 g/mol. The van der Waals surface area contributed by atoms with Crippen LogP contribution in [0.5, 0.6) is 5.75 Å². The fourth-order valence-electron chi connectivity index (χ4n) is 7.25. The summed E-state index contributed by atoms with van der Waals surface area (Å²) in [5.41, 5.74) is 2.99. The predicted molar refractivity (Wildman–Crippen MR) is 207 cm³/mol. The van der Waals surface area contributed by atoms with E-state index in [-0.39, 0.29) is 28.1 Å². The number of unbranched alkanes of at least 4 members (excludes halogenated alkanes) is 1. The maximum absolute atomic E-state index is 13.1. The van der Waals surface area contributed by atoms with Gasteiger partial charge in [-0.05, 0) is 79.1 Å². The Labute approximate surface area is 319 Å². The zero-order chi connectivity index (χ0) is 38.9. The number of phenolic OH excluding ortho intramolecular Hbond substituents is 1. The van der Waals surface area contributed by atoms with Gasteiger partial charge in [-0.1, -0.05) is 57.5 Å². The maximum atomic E-state index is 13.1. The summed E-state index contributed by atoms with van der Waals surface area (Å²) in [6.07, 6.45) is 0.361. The number of carbonyl (C=O) groups excluding carboxylic acids is 1. The molecule has 2 aromatic heterocycles. The number of rotatable bonds is 11. The first-order valence-corrected chi connectivity index (χ1v) is 22.5. The molecular formula is C40H51F3N4O5SSi. The number of alkyl halides is 3. The molecule has 0 aliphatic carbocycles. The summed E-state index contributed by atoms with van der Waals surface area (Å²) >= 11 is 0.445. The molecule has 54 heavy (non-hydrogen) atoms. The van der Waals surface area contributed by atoms with E-state index in [0.717, 1.165) is 69.1 Å². The molecule has 0 bridgehead atoms. The van der Waals surface area contributed by atoms with Crippen molar-refractivity contribution in [2.24, 2.45) is 0 Å². The zero-order valence-electron chi connectivity index (χ0n) is 31.7. The van der Waals surface area contributed by atoms with Crippen molar-refractivity contribution in [1.29, 1.82) is 0 Å². The molecule has 2 fully saturated rings. The highest BCUT2D eigenvalue weighted by molar-refractivity contribution is 7.10. The van der Waals surface area contributed by atoms with Gasteiger partial charge in [0.2, 0.25) is 5.56 Å². The largest absolute Gasteiger partial charge is 0.506 e. The first-order chi connectivity index (χ1) is 25.4. The Balaban J connectivity index is 1.03. The van der Waals surface area contributed by atoms with Crippen LogP contribution < -0.4 is 5.56 Å². The van der Waals surface area contributed by atoms with Crippen LogP contribution in [-0.2, 0) is 28.3 Å². The Kier molecular flexibility index (Phi) is 11.8. The van der Waals surface area contributed by atoms with Gasteiger partial charge in [0.25, 0.3) is 5.91 Å². The SMILES string of the molecule is CC(C)(C)[Si](C)(C)O[C@@H](CCCCc1cccc(CN2CCC3(CC2)CN(C(=O)c2csc(C(F)(F)F)n2)CCO3)c1)c1ccc(O)c2[nH]c(=O)ccc12. The summed E-state index contributed by atoms with van der Waals surface area (Å²) < 4.78 is 52.4. The van der Waals surface area contributed by atoms with Gasteiger partial charge in [-0.25, -0.2) is 4.98 Å². The van der Waals surface area contributed by atoms with Crippen LogP contribution in [0, 0.1) is 0 Å². The summed E-state index contributed by atoms with van der Waals surface area (Å²) in [5.74, 6) is -0.433. The normalized spacial score (nSPS) is 17.7. The number of ether oxygens (including phenoxy) is 1. The van der Waals surface area contributed by atoms with Crippen molar-refractivity contribution in [2.45, 2.75) is 102 Å². The molecule has 2 saturated heterocycles. The second-order valence-electron chi connectivity index (χ2n) is 16.3. The number of H-pyrrole nitrogens is 1. The van der Waals surface area contributed by atoms with Gasteiger partial charge in [0.05, 0.1) is 30.4 Å². The minimum Gasteiger partial charge on any atom is -0.506 e. The molecule has 9 nitrogen and oxygen atoms in total. The van der Waals surface area contributed by atoms with Crippen LogP contribution in [0.25, 0.3) is 10.9 Å². The van der Waals surface area contributed by atoms with Gasteiger partial charge in [-0.15, -0.1) is 11.3 Å². The molecule has 6 rings (SSSR count). The second kappa shape index (κ2) is 15.9. The average Bonchev–Trinajstić information content (AvgIpc) is 3.62. The van der Waals surface area contributed by atoms with Crippen LogP contribution in [0.3, 0.4) is 0 Å². The number of piperidine rings is 1. The third-order valence-electron chi connectivity index (χ3n) is 11.3. The van der Waals surface area contributed by atoms with E-state index in [0.29, 0.717) is 36.5 Å². The molecule has 0 saturated carbocycles. The number of amides is 1. The molecule has 1 amide bonds. The Bertz CT molecular complexity index is 2000. The predicted octanol–water partition coefficient (Wildman–Crippen LogP) is 8.69. The zero-order valence-corrected chi connectivity index (χ0v) is 33.5. The lowest BCUT2D eigenvalue weighted by Crippen LogP contribution is -2.58. The van der Waals surface area contributed by atoms with Gasteiger partial charge in [0, 0.05) is 43.0 Å². The number of nitrogens with zero attached hydrogens (tertiary/aromatic N) is 3. The van der Waals surface area contributed by atoms with E-state index in [1.165, 1.54) is 22.6 Å². The third-order valence-corrected chi connectivity index (χ3v) is 16.7. The summed E-state index contributed by atoms with van der Waals surface area (Å²) in [7, 11) is -2.16. The van der Waals surface area contributed by atoms with Crippen molar-refractivity contribution in [1.82, 2.24) is 19.8 Å². The first kappa shape index (κ1) is 40.1. The van der Waals surface area contributed by atoms with Crippen molar-refractivity contribution in [2.75, 3.05) is 32.8 Å². The molecule has 4 aromatic rings. The number of morpholine rings is 1. The summed E-state index contributed by atoms with van der Waals surface area (Å²) in [4.78, 5) is 35.5. The van der Waals surface area contributed by atoms with Gasteiger partial charge in [0.1, 0.15) is 11.4 Å². The van der Waals surface area contributed by atoms with Crippen LogP contribution in [-0.4, -0.2) is 77.5 Å². The lowest BCUT2D eigenvalue weighted by Gasteiger charge is -2.47. The highest BCUT2D eigenvalue weighted by Crippen LogP contribution is 2.43. The van der Waals surface area contributed by atoms with Gasteiger partial charge in [0.15, 0.2) is 13.3 Å². The number of phenols is 1. The van der Waals surface area contributed by atoms with E-state index < -0.39 is 31.0 Å². The Morgan fingerprint density at radius 1 is 1.07 bits per heavy atom. The topological polar surface area (TPSA) is 108 Å². The molecule has 292 valence electrons. The Morgan fingerprint density at radius 3 is 2.52 bits per heavy atom. The molecule has 0 unspecified atom stereocenters. The molecule has 2 N–H and O–H groups in total. The number of hydrogen-bond acceptors (Lipinski definition) is 8. The Morgan fingerprint density at radius 2 is 1.81 bits per heavy atom. The van der Waals surface area contributed by atoms with Crippen molar-refractivity contribution in [3.8, 4) is 5.75 Å². The molecule has 2 aliphatic rings. The number of aromatic nitrogens is 2. The molecule has 1 spiro atoms. The van der Waals surface area contributed by atoms with Gasteiger partial charge < -0.3 is 24.2 Å². The fourth-order valence-corrected chi connectivity index (χ4v) is 9.23. The average molecular weight is 785 g/mol. The lowest BCUT2D eigenvalue weighted by molar-refractivity contribution is -0.137. The van der Waals surface area contributed by atoms with Gasteiger partial charge in [-0.3, -0.25) is 14.5 Å². The molecule has 2 aromatic carbocycles. The fraction of sp³-hybridized carbons (Fsp3) is 0.525. The van der Waals surface area contributed by atoms with Crippen LogP contribution in [0.2, 0.25) is 18.1 Å². The van der Waals surface area contributed by atoms with Crippen molar-refractivity contribution >= 4 is 36.5 Å². The van der Waals surface area contributed by atoms with Crippen molar-refractivity contribution in [3.63, 3.8) is 0 Å². The number of nitrogens with one attached hydrogen (secondary N) is 1. The minimum absolute atomic E-state index is 0.0135. The molecule has 14 heteroatoms. The summed E-state index contributed by atoms with van der Waals surface area (Å²) in [5, 5.41) is 11.5. The number of aromatic hydroxyl groups is 1. The van der Waals surface area contributed by atoms with E-state index in [9.17, 15) is 27.9 Å². The number of aryl methyl sites for hydroxylation is 1.